The van der Waals surface area contributed by atoms with Crippen LogP contribution in [0.15, 0.2) is 21.8 Å². The molecule has 1 aromatic rings. The zero-order valence-corrected chi connectivity index (χ0v) is 7.62. The Bertz CT molecular complexity index is 325. The summed E-state index contributed by atoms with van der Waals surface area (Å²) in [4.78, 5) is 3.86. The minimum absolute atomic E-state index is 0.0748. The van der Waals surface area contributed by atoms with Crippen molar-refractivity contribution in [2.75, 3.05) is 5.73 Å². The van der Waals surface area contributed by atoms with E-state index in [0.29, 0.717) is 16.0 Å². The van der Waals surface area contributed by atoms with E-state index in [9.17, 15) is 0 Å². The van der Waals surface area contributed by atoms with Gasteiger partial charge >= 0.3 is 0 Å². The van der Waals surface area contributed by atoms with Crippen molar-refractivity contribution >= 4 is 27.6 Å². The van der Waals surface area contributed by atoms with Crippen LogP contribution in [0.3, 0.4) is 0 Å². The van der Waals surface area contributed by atoms with E-state index in [2.05, 4.69) is 26.1 Å². The third-order valence-corrected chi connectivity index (χ3v) is 1.86. The van der Waals surface area contributed by atoms with Crippen molar-refractivity contribution in [3.63, 3.8) is 0 Å². The molecule has 0 radical (unpaired) electrons. The van der Waals surface area contributed by atoms with Gasteiger partial charge in [0, 0.05) is 4.47 Å². The lowest BCUT2D eigenvalue weighted by molar-refractivity contribution is 0.318. The van der Waals surface area contributed by atoms with Crippen molar-refractivity contribution in [1.82, 2.24) is 4.98 Å². The van der Waals surface area contributed by atoms with Gasteiger partial charge in [-0.25, -0.2) is 4.98 Å². The first-order chi connectivity index (χ1) is 5.65. The van der Waals surface area contributed by atoms with Crippen LogP contribution in [0.4, 0.5) is 5.82 Å². The first-order valence-electron chi connectivity index (χ1n) is 3.05. The van der Waals surface area contributed by atoms with Gasteiger partial charge in [-0.2, -0.15) is 0 Å². The van der Waals surface area contributed by atoms with E-state index in [1.807, 2.05) is 0 Å². The van der Waals surface area contributed by atoms with Gasteiger partial charge in [0.2, 0.25) is 0 Å². The maximum absolute atomic E-state index is 8.36. The molecule has 0 saturated carbocycles. The molecule has 64 valence electrons. The van der Waals surface area contributed by atoms with Crippen LogP contribution >= 0.6 is 15.9 Å². The molecule has 0 fully saturated rings. The molecule has 6 heteroatoms. The third kappa shape index (κ3) is 1.65. The second-order valence-electron chi connectivity index (χ2n) is 2.05. The molecule has 5 nitrogen and oxygen atoms in total. The number of rotatable bonds is 1. The molecule has 1 rings (SSSR count). The fraction of sp³-hybridized carbons (Fsp3) is 0. The molecule has 0 spiro atoms. The summed E-state index contributed by atoms with van der Waals surface area (Å²) >= 11 is 3.18. The smallest absolute Gasteiger partial charge is 0.190 e. The molecule has 0 bridgehead atoms. The Morgan fingerprint density at radius 1 is 1.58 bits per heavy atom. The Kier molecular flexibility index (Phi) is 2.49. The number of anilines is 1. The predicted molar refractivity (Wildman–Crippen MR) is 48.9 cm³/mol. The fourth-order valence-corrected chi connectivity index (χ4v) is 1.11. The molecule has 5 N–H and O–H groups in total. The largest absolute Gasteiger partial charge is 0.409 e. The minimum Gasteiger partial charge on any atom is -0.409 e. The number of amidine groups is 1. The molecule has 0 aliphatic rings. The number of hydrogen-bond acceptors (Lipinski definition) is 4. The lowest BCUT2D eigenvalue weighted by atomic mass is 10.3. The summed E-state index contributed by atoms with van der Waals surface area (Å²) in [5.41, 5.74) is 11.0. The second kappa shape index (κ2) is 3.40. The Hall–Kier alpha value is -1.30. The van der Waals surface area contributed by atoms with Crippen LogP contribution in [0, 0.1) is 0 Å². The lowest BCUT2D eigenvalue weighted by Gasteiger charge is -2.01. The van der Waals surface area contributed by atoms with Crippen LogP contribution < -0.4 is 11.5 Å². The van der Waals surface area contributed by atoms with Crippen molar-refractivity contribution in [3.05, 3.63) is 22.3 Å². The Labute approximate surface area is 77.2 Å². The third-order valence-electron chi connectivity index (χ3n) is 1.22. The zero-order chi connectivity index (χ0) is 9.14. The van der Waals surface area contributed by atoms with Gasteiger partial charge < -0.3 is 16.7 Å². The van der Waals surface area contributed by atoms with Crippen LogP contribution in [-0.4, -0.2) is 16.0 Å². The van der Waals surface area contributed by atoms with Gasteiger partial charge in [0.05, 0.1) is 0 Å². The van der Waals surface area contributed by atoms with Crippen molar-refractivity contribution in [2.45, 2.75) is 0 Å². The molecular weight excluding hydrogens is 224 g/mol. The average molecular weight is 231 g/mol. The summed E-state index contributed by atoms with van der Waals surface area (Å²) in [5.74, 6) is 0.244. The van der Waals surface area contributed by atoms with Gasteiger partial charge in [-0.3, -0.25) is 0 Å². The van der Waals surface area contributed by atoms with Gasteiger partial charge in [0.25, 0.3) is 0 Å². The van der Waals surface area contributed by atoms with Gasteiger partial charge in [-0.05, 0) is 28.1 Å². The predicted octanol–water partition coefficient (Wildman–Crippen LogP) is 0.521. The second-order valence-corrected chi connectivity index (χ2v) is 2.91. The maximum atomic E-state index is 8.36. The summed E-state index contributed by atoms with van der Waals surface area (Å²) in [6.45, 7) is 0. The highest BCUT2D eigenvalue weighted by Gasteiger charge is 2.06. The van der Waals surface area contributed by atoms with Crippen LogP contribution in [-0.2, 0) is 0 Å². The normalized spacial score (nSPS) is 11.6. The standard InChI is InChI=1S/C6H7BrN4O/c7-3-1-2-4(8)10-5(3)6(9)11-12/h1-2,12H,(H2,8,10)(H2,9,11). The molecule has 1 aromatic heterocycles. The average Bonchev–Trinajstić information content (AvgIpc) is 2.08. The van der Waals surface area contributed by atoms with Crippen LogP contribution in [0.2, 0.25) is 0 Å². The Balaban J connectivity index is 3.23. The highest BCUT2D eigenvalue weighted by Crippen LogP contribution is 2.15. The molecule has 0 aromatic carbocycles. The molecule has 0 saturated heterocycles. The van der Waals surface area contributed by atoms with E-state index in [-0.39, 0.29) is 5.84 Å². The zero-order valence-electron chi connectivity index (χ0n) is 6.03. The van der Waals surface area contributed by atoms with Crippen molar-refractivity contribution in [1.29, 1.82) is 0 Å². The number of nitrogens with zero attached hydrogens (tertiary/aromatic N) is 2. The van der Waals surface area contributed by atoms with Crippen LogP contribution in [0.1, 0.15) is 5.69 Å². The number of nitrogen functional groups attached to an aromatic ring is 1. The quantitative estimate of drug-likeness (QED) is 0.284. The van der Waals surface area contributed by atoms with Gasteiger partial charge in [-0.1, -0.05) is 5.16 Å². The van der Waals surface area contributed by atoms with Crippen molar-refractivity contribution < 1.29 is 5.21 Å². The summed E-state index contributed by atoms with van der Waals surface area (Å²) < 4.78 is 0.631. The van der Waals surface area contributed by atoms with Crippen LogP contribution in [0.25, 0.3) is 0 Å². The van der Waals surface area contributed by atoms with E-state index in [4.69, 9.17) is 16.7 Å². The van der Waals surface area contributed by atoms with E-state index in [1.54, 1.807) is 12.1 Å². The first-order valence-corrected chi connectivity index (χ1v) is 3.84. The topological polar surface area (TPSA) is 97.5 Å². The molecular formula is C6H7BrN4O. The number of aromatic nitrogens is 1. The Morgan fingerprint density at radius 3 is 2.83 bits per heavy atom. The van der Waals surface area contributed by atoms with Gasteiger partial charge in [0.15, 0.2) is 5.84 Å². The highest BCUT2D eigenvalue weighted by atomic mass is 79.9. The fourth-order valence-electron chi connectivity index (χ4n) is 0.684. The maximum Gasteiger partial charge on any atom is 0.190 e. The van der Waals surface area contributed by atoms with E-state index in [0.717, 1.165) is 0 Å². The molecule has 1 heterocycles. The lowest BCUT2D eigenvalue weighted by Crippen LogP contribution is -2.16. The first kappa shape index (κ1) is 8.79. The Morgan fingerprint density at radius 2 is 2.25 bits per heavy atom. The highest BCUT2D eigenvalue weighted by molar-refractivity contribution is 9.10. The van der Waals surface area contributed by atoms with Crippen LogP contribution in [0.5, 0.6) is 0 Å². The molecule has 0 unspecified atom stereocenters. The van der Waals surface area contributed by atoms with Crippen molar-refractivity contribution in [3.8, 4) is 0 Å². The van der Waals surface area contributed by atoms with Crippen molar-refractivity contribution in [2.24, 2.45) is 10.9 Å². The van der Waals surface area contributed by atoms with E-state index < -0.39 is 0 Å². The molecule has 0 aliphatic carbocycles. The summed E-state index contributed by atoms with van der Waals surface area (Å²) in [6, 6.07) is 3.29. The number of halogens is 1. The SMILES string of the molecule is NC(=NO)c1nc(N)ccc1Br. The molecule has 0 amide bonds. The minimum atomic E-state index is -0.0748. The summed E-state index contributed by atoms with van der Waals surface area (Å²) in [6.07, 6.45) is 0. The van der Waals surface area contributed by atoms with Gasteiger partial charge in [0.1, 0.15) is 11.5 Å². The molecule has 12 heavy (non-hydrogen) atoms. The molecule has 0 atom stereocenters. The summed E-state index contributed by atoms with van der Waals surface area (Å²) in [7, 11) is 0. The number of hydrogen-bond donors (Lipinski definition) is 3. The number of oxime groups is 1. The van der Waals surface area contributed by atoms with E-state index >= 15 is 0 Å². The summed E-state index contributed by atoms with van der Waals surface area (Å²) in [5, 5.41) is 11.2. The number of pyridine rings is 1. The van der Waals surface area contributed by atoms with Gasteiger partial charge in [-0.15, -0.1) is 0 Å². The number of nitrogens with two attached hydrogens (primary N) is 2. The molecule has 0 aliphatic heterocycles. The van der Waals surface area contributed by atoms with E-state index in [1.165, 1.54) is 0 Å². The monoisotopic (exact) mass is 230 g/mol.